The van der Waals surface area contributed by atoms with Crippen LogP contribution in [0, 0.1) is 11.3 Å². The molecule has 4 nitrogen and oxygen atoms in total. The fraction of sp³-hybridized carbons (Fsp3) is 0.778. The molecule has 0 fully saturated rings. The minimum atomic E-state index is -1.10. The largest absolute Gasteiger partial charge is 0.481 e. The number of aliphatic carboxylic acids is 2. The van der Waals surface area contributed by atoms with Gasteiger partial charge in [0.15, 0.2) is 0 Å². The van der Waals surface area contributed by atoms with Crippen molar-refractivity contribution in [2.45, 2.75) is 26.7 Å². The molecule has 0 aliphatic carbocycles. The summed E-state index contributed by atoms with van der Waals surface area (Å²) in [5.74, 6) is -2.74. The van der Waals surface area contributed by atoms with Crippen molar-refractivity contribution in [2.24, 2.45) is 11.3 Å². The molecule has 0 saturated carbocycles. The van der Waals surface area contributed by atoms with Gasteiger partial charge in [0, 0.05) is 5.88 Å². The van der Waals surface area contributed by atoms with E-state index in [2.05, 4.69) is 0 Å². The molecule has 0 aromatic heterocycles. The SMILES string of the molecule is CC(C)(CCCl)C(CC(=O)O)C(=O)O. The lowest BCUT2D eigenvalue weighted by Crippen LogP contribution is -2.33. The molecule has 0 aliphatic heterocycles. The number of hydrogen-bond donors (Lipinski definition) is 2. The number of carboxylic acids is 2. The third-order valence-electron chi connectivity index (χ3n) is 2.36. The molecule has 0 saturated heterocycles. The van der Waals surface area contributed by atoms with Crippen LogP contribution in [0.3, 0.4) is 0 Å². The number of rotatable bonds is 6. The Balaban J connectivity index is 4.62. The van der Waals surface area contributed by atoms with Gasteiger partial charge in [-0.3, -0.25) is 9.59 Å². The second-order valence-corrected chi connectivity index (χ2v) is 4.29. The molecular weight excluding hydrogens is 208 g/mol. The predicted octanol–water partition coefficient (Wildman–Crippen LogP) is 1.82. The first-order valence-corrected chi connectivity index (χ1v) is 4.85. The molecule has 0 aromatic rings. The summed E-state index contributed by atoms with van der Waals surface area (Å²) in [6.45, 7) is 3.44. The molecule has 0 spiro atoms. The zero-order valence-corrected chi connectivity index (χ0v) is 9.04. The molecule has 0 heterocycles. The van der Waals surface area contributed by atoms with Gasteiger partial charge >= 0.3 is 11.9 Å². The van der Waals surface area contributed by atoms with E-state index < -0.39 is 23.3 Å². The number of carbonyl (C=O) groups is 2. The van der Waals surface area contributed by atoms with E-state index in [0.717, 1.165) is 0 Å². The van der Waals surface area contributed by atoms with Gasteiger partial charge in [-0.1, -0.05) is 13.8 Å². The van der Waals surface area contributed by atoms with Crippen molar-refractivity contribution in [1.29, 1.82) is 0 Å². The molecule has 14 heavy (non-hydrogen) atoms. The van der Waals surface area contributed by atoms with Gasteiger partial charge < -0.3 is 10.2 Å². The first kappa shape index (κ1) is 13.2. The molecule has 0 bridgehead atoms. The van der Waals surface area contributed by atoms with Gasteiger partial charge in [0.05, 0.1) is 12.3 Å². The summed E-state index contributed by atoms with van der Waals surface area (Å²) in [5, 5.41) is 17.4. The topological polar surface area (TPSA) is 74.6 Å². The van der Waals surface area contributed by atoms with Crippen molar-refractivity contribution < 1.29 is 19.8 Å². The maximum absolute atomic E-state index is 10.9. The highest BCUT2D eigenvalue weighted by Gasteiger charge is 2.36. The van der Waals surface area contributed by atoms with E-state index in [9.17, 15) is 9.59 Å². The Kier molecular flexibility index (Phi) is 4.91. The van der Waals surface area contributed by atoms with E-state index >= 15 is 0 Å². The van der Waals surface area contributed by atoms with Gasteiger partial charge in [-0.15, -0.1) is 11.6 Å². The lowest BCUT2D eigenvalue weighted by molar-refractivity contribution is -0.152. The summed E-state index contributed by atoms with van der Waals surface area (Å²) in [7, 11) is 0. The van der Waals surface area contributed by atoms with Crippen LogP contribution in [0.25, 0.3) is 0 Å². The van der Waals surface area contributed by atoms with E-state index in [1.54, 1.807) is 13.8 Å². The third-order valence-corrected chi connectivity index (χ3v) is 2.55. The molecule has 82 valence electrons. The standard InChI is InChI=1S/C9H15ClO4/c1-9(2,3-4-10)6(8(13)14)5-7(11)12/h6H,3-5H2,1-2H3,(H,11,12)(H,13,14). The second-order valence-electron chi connectivity index (χ2n) is 3.92. The highest BCUT2D eigenvalue weighted by molar-refractivity contribution is 6.17. The Labute approximate surface area is 87.9 Å². The van der Waals surface area contributed by atoms with Crippen LogP contribution in [0.1, 0.15) is 26.7 Å². The van der Waals surface area contributed by atoms with Gasteiger partial charge in [-0.05, 0) is 11.8 Å². The molecule has 5 heteroatoms. The third kappa shape index (κ3) is 3.96. The first-order valence-electron chi connectivity index (χ1n) is 4.32. The van der Waals surface area contributed by atoms with Crippen molar-refractivity contribution in [1.82, 2.24) is 0 Å². The van der Waals surface area contributed by atoms with Crippen LogP contribution < -0.4 is 0 Å². The van der Waals surface area contributed by atoms with Crippen LogP contribution in [-0.4, -0.2) is 28.0 Å². The fourth-order valence-corrected chi connectivity index (χ4v) is 1.78. The number of carboxylic acid groups (broad SMARTS) is 2. The summed E-state index contributed by atoms with van der Waals surface area (Å²) in [4.78, 5) is 21.3. The minimum absolute atomic E-state index is 0.330. The van der Waals surface area contributed by atoms with Crippen LogP contribution in [0.15, 0.2) is 0 Å². The summed E-state index contributed by atoms with van der Waals surface area (Å²) < 4.78 is 0. The summed E-state index contributed by atoms with van der Waals surface area (Å²) >= 11 is 5.53. The van der Waals surface area contributed by atoms with E-state index in [4.69, 9.17) is 21.8 Å². The smallest absolute Gasteiger partial charge is 0.307 e. The molecule has 0 amide bonds. The van der Waals surface area contributed by atoms with E-state index in [1.807, 2.05) is 0 Å². The molecule has 0 aromatic carbocycles. The quantitative estimate of drug-likeness (QED) is 0.673. The Bertz CT molecular complexity index is 225. The Morgan fingerprint density at radius 2 is 1.86 bits per heavy atom. The lowest BCUT2D eigenvalue weighted by atomic mass is 9.75. The average molecular weight is 223 g/mol. The summed E-state index contributed by atoms with van der Waals surface area (Å²) in [6, 6.07) is 0. The molecule has 0 radical (unpaired) electrons. The van der Waals surface area contributed by atoms with E-state index in [1.165, 1.54) is 0 Å². The van der Waals surface area contributed by atoms with E-state index in [0.29, 0.717) is 12.3 Å². The van der Waals surface area contributed by atoms with Crippen molar-refractivity contribution in [3.8, 4) is 0 Å². The van der Waals surface area contributed by atoms with E-state index in [-0.39, 0.29) is 6.42 Å². The monoisotopic (exact) mass is 222 g/mol. The second kappa shape index (κ2) is 5.20. The molecule has 1 unspecified atom stereocenters. The van der Waals surface area contributed by atoms with Crippen LogP contribution in [0.5, 0.6) is 0 Å². The van der Waals surface area contributed by atoms with Gasteiger partial charge in [-0.25, -0.2) is 0 Å². The summed E-state index contributed by atoms with van der Waals surface area (Å²) in [6.07, 6.45) is 0.123. The predicted molar refractivity (Wildman–Crippen MR) is 52.5 cm³/mol. The number of halogens is 1. The van der Waals surface area contributed by atoms with Gasteiger partial charge in [0.2, 0.25) is 0 Å². The highest BCUT2D eigenvalue weighted by Crippen LogP contribution is 2.33. The minimum Gasteiger partial charge on any atom is -0.481 e. The van der Waals surface area contributed by atoms with Crippen molar-refractivity contribution in [3.63, 3.8) is 0 Å². The first-order chi connectivity index (χ1) is 6.31. The Hall–Kier alpha value is -0.770. The van der Waals surface area contributed by atoms with Gasteiger partial charge in [0.1, 0.15) is 0 Å². The molecular formula is C9H15ClO4. The normalized spacial score (nSPS) is 13.6. The van der Waals surface area contributed by atoms with Crippen LogP contribution in [0.2, 0.25) is 0 Å². The molecule has 0 aliphatic rings. The van der Waals surface area contributed by atoms with Gasteiger partial charge in [0.25, 0.3) is 0 Å². The molecule has 1 atom stereocenters. The van der Waals surface area contributed by atoms with Crippen molar-refractivity contribution in [2.75, 3.05) is 5.88 Å². The maximum atomic E-state index is 10.9. The van der Waals surface area contributed by atoms with Gasteiger partial charge in [-0.2, -0.15) is 0 Å². The van der Waals surface area contributed by atoms with Crippen molar-refractivity contribution >= 4 is 23.5 Å². The Morgan fingerprint density at radius 1 is 1.36 bits per heavy atom. The highest BCUT2D eigenvalue weighted by atomic mass is 35.5. The summed E-state index contributed by atoms with van der Waals surface area (Å²) in [5.41, 5.74) is -0.591. The molecule has 0 rings (SSSR count). The average Bonchev–Trinajstić information content (AvgIpc) is 1.99. The fourth-order valence-electron chi connectivity index (χ4n) is 1.29. The van der Waals surface area contributed by atoms with Crippen LogP contribution in [-0.2, 0) is 9.59 Å². The van der Waals surface area contributed by atoms with Crippen molar-refractivity contribution in [3.05, 3.63) is 0 Å². The number of hydrogen-bond acceptors (Lipinski definition) is 2. The van der Waals surface area contributed by atoms with Crippen LogP contribution in [0.4, 0.5) is 0 Å². The van der Waals surface area contributed by atoms with Crippen LogP contribution >= 0.6 is 11.6 Å². The zero-order valence-electron chi connectivity index (χ0n) is 8.29. The zero-order chi connectivity index (χ0) is 11.4. The molecule has 2 N–H and O–H groups in total. The Morgan fingerprint density at radius 3 is 2.14 bits per heavy atom. The maximum Gasteiger partial charge on any atom is 0.307 e. The lowest BCUT2D eigenvalue weighted by Gasteiger charge is -2.29. The number of alkyl halides is 1.